The average Bonchev–Trinajstić information content (AvgIpc) is 2.94. The molecule has 0 radical (unpaired) electrons. The van der Waals surface area contributed by atoms with Crippen molar-refractivity contribution < 1.29 is 31.8 Å². The maximum atomic E-state index is 13.6. The van der Waals surface area contributed by atoms with Crippen molar-refractivity contribution in [1.29, 1.82) is 0 Å². The van der Waals surface area contributed by atoms with Crippen molar-refractivity contribution in [3.63, 3.8) is 0 Å². The number of carboxylic acids is 1. The van der Waals surface area contributed by atoms with Crippen molar-refractivity contribution in [3.8, 4) is 5.75 Å². The van der Waals surface area contributed by atoms with Crippen molar-refractivity contribution in [1.82, 2.24) is 4.72 Å². The highest BCUT2D eigenvalue weighted by atomic mass is 32.2. The van der Waals surface area contributed by atoms with E-state index in [1.165, 1.54) is 37.4 Å². The van der Waals surface area contributed by atoms with Gasteiger partial charge in [0.15, 0.2) is 5.75 Å². The molecule has 4 rings (SSSR count). The number of anilines is 1. The van der Waals surface area contributed by atoms with E-state index in [2.05, 4.69) is 4.72 Å². The zero-order valence-electron chi connectivity index (χ0n) is 21.0. The van der Waals surface area contributed by atoms with Crippen LogP contribution in [0.4, 0.5) is 14.5 Å². The summed E-state index contributed by atoms with van der Waals surface area (Å²) in [6, 6.07) is 22.9. The standard InChI is InChI=1S/C29H26F2N2O5S/c1-32-39(36,37)27-16-23(29(34)35)15-26(28(27)38-19-22-5-3-2-4-6-22)33(17-20-7-11-24(30)12-8-20)18-21-9-13-25(31)14-10-21/h2-16,32H,17-19H2,1H3,(H,34,35). The number of ether oxygens (including phenoxy) is 1. The average molecular weight is 553 g/mol. The van der Waals surface area contributed by atoms with Gasteiger partial charge in [-0.05, 0) is 60.1 Å². The van der Waals surface area contributed by atoms with Crippen LogP contribution in [0.3, 0.4) is 0 Å². The highest BCUT2D eigenvalue weighted by Crippen LogP contribution is 2.39. The Hall–Kier alpha value is -4.28. The first-order valence-electron chi connectivity index (χ1n) is 11.9. The Morgan fingerprint density at radius 1 is 0.846 bits per heavy atom. The number of carbonyl (C=O) groups is 1. The van der Waals surface area contributed by atoms with E-state index in [-0.39, 0.29) is 41.6 Å². The number of nitrogens with one attached hydrogen (secondary N) is 1. The molecule has 2 N–H and O–H groups in total. The third-order valence-corrected chi connectivity index (χ3v) is 7.40. The van der Waals surface area contributed by atoms with Crippen LogP contribution in [0.5, 0.6) is 5.75 Å². The minimum Gasteiger partial charge on any atom is -0.485 e. The van der Waals surface area contributed by atoms with Gasteiger partial charge in [0.05, 0.1) is 11.3 Å². The lowest BCUT2D eigenvalue weighted by molar-refractivity contribution is 0.0696. The van der Waals surface area contributed by atoms with Crippen molar-refractivity contribution in [3.05, 3.63) is 125 Å². The third kappa shape index (κ3) is 6.98. The third-order valence-electron chi connectivity index (χ3n) is 5.98. The van der Waals surface area contributed by atoms with Gasteiger partial charge in [-0.2, -0.15) is 0 Å². The highest BCUT2D eigenvalue weighted by Gasteiger charge is 2.27. The van der Waals surface area contributed by atoms with Crippen LogP contribution in [0.1, 0.15) is 27.0 Å². The highest BCUT2D eigenvalue weighted by molar-refractivity contribution is 7.89. The molecule has 0 heterocycles. The molecule has 0 saturated heterocycles. The minimum atomic E-state index is -4.17. The number of hydrogen-bond donors (Lipinski definition) is 2. The number of sulfonamides is 1. The van der Waals surface area contributed by atoms with Crippen LogP contribution in [-0.4, -0.2) is 26.5 Å². The fourth-order valence-corrected chi connectivity index (χ4v) is 4.89. The lowest BCUT2D eigenvalue weighted by atomic mass is 10.1. The van der Waals surface area contributed by atoms with Gasteiger partial charge in [-0.3, -0.25) is 0 Å². The zero-order valence-corrected chi connectivity index (χ0v) is 21.8. The van der Waals surface area contributed by atoms with E-state index < -0.39 is 27.6 Å². The van der Waals surface area contributed by atoms with Gasteiger partial charge in [-0.15, -0.1) is 0 Å². The first kappa shape index (κ1) is 27.7. The van der Waals surface area contributed by atoms with Crippen molar-refractivity contribution >= 4 is 21.7 Å². The van der Waals surface area contributed by atoms with E-state index in [1.807, 2.05) is 30.3 Å². The van der Waals surface area contributed by atoms with Crippen LogP contribution in [0.2, 0.25) is 0 Å². The molecule has 7 nitrogen and oxygen atoms in total. The van der Waals surface area contributed by atoms with Crippen LogP contribution >= 0.6 is 0 Å². The zero-order chi connectivity index (χ0) is 28.0. The summed E-state index contributed by atoms with van der Waals surface area (Å²) >= 11 is 0. The van der Waals surface area contributed by atoms with Crippen LogP contribution in [0.25, 0.3) is 0 Å². The molecule has 0 aliphatic carbocycles. The first-order valence-corrected chi connectivity index (χ1v) is 13.4. The summed E-state index contributed by atoms with van der Waals surface area (Å²) in [7, 11) is -2.95. The number of nitrogens with zero attached hydrogens (tertiary/aromatic N) is 1. The Bertz CT molecular complexity index is 1500. The number of aromatic carboxylic acids is 1. The SMILES string of the molecule is CNS(=O)(=O)c1cc(C(=O)O)cc(N(Cc2ccc(F)cc2)Cc2ccc(F)cc2)c1OCc1ccccc1. The molecule has 0 spiro atoms. The van der Waals surface area contributed by atoms with Gasteiger partial charge in [0.1, 0.15) is 23.1 Å². The fourth-order valence-electron chi connectivity index (χ4n) is 3.98. The number of hydrogen-bond acceptors (Lipinski definition) is 5. The quantitative estimate of drug-likeness (QED) is 0.260. The van der Waals surface area contributed by atoms with Gasteiger partial charge in [0.2, 0.25) is 10.0 Å². The van der Waals surface area contributed by atoms with Crippen LogP contribution in [0, 0.1) is 11.6 Å². The molecule has 0 amide bonds. The molecule has 4 aromatic carbocycles. The van der Waals surface area contributed by atoms with Gasteiger partial charge in [0, 0.05) is 13.1 Å². The molecule has 0 aromatic heterocycles. The molecule has 10 heteroatoms. The molecule has 0 aliphatic heterocycles. The normalized spacial score (nSPS) is 11.3. The Labute approximate surface area is 225 Å². The summed E-state index contributed by atoms with van der Waals surface area (Å²) in [5, 5.41) is 9.84. The number of benzene rings is 4. The lowest BCUT2D eigenvalue weighted by Crippen LogP contribution is -2.26. The maximum Gasteiger partial charge on any atom is 0.335 e. The summed E-state index contributed by atoms with van der Waals surface area (Å²) < 4.78 is 61.7. The second-order valence-corrected chi connectivity index (χ2v) is 10.6. The smallest absolute Gasteiger partial charge is 0.335 e. The number of rotatable bonds is 11. The Morgan fingerprint density at radius 2 is 1.38 bits per heavy atom. The molecule has 0 unspecified atom stereocenters. The minimum absolute atomic E-state index is 0.00737. The molecule has 0 bridgehead atoms. The van der Waals surface area contributed by atoms with Crippen LogP contribution in [0.15, 0.2) is 95.9 Å². The molecule has 4 aromatic rings. The summed E-state index contributed by atoms with van der Waals surface area (Å²) in [6.07, 6.45) is 0. The van der Waals surface area contributed by atoms with Crippen LogP contribution in [-0.2, 0) is 29.7 Å². The second-order valence-electron chi connectivity index (χ2n) is 8.72. The first-order chi connectivity index (χ1) is 18.7. The number of carboxylic acid groups (broad SMARTS) is 1. The van der Waals surface area contributed by atoms with Gasteiger partial charge >= 0.3 is 5.97 Å². The van der Waals surface area contributed by atoms with E-state index in [9.17, 15) is 27.1 Å². The summed E-state index contributed by atoms with van der Waals surface area (Å²) in [5.41, 5.74) is 2.03. The maximum absolute atomic E-state index is 13.6. The van der Waals surface area contributed by atoms with Gasteiger partial charge in [0.25, 0.3) is 0 Å². The summed E-state index contributed by atoms with van der Waals surface area (Å²) in [5.74, 6) is -2.23. The van der Waals surface area contributed by atoms with Crippen molar-refractivity contribution in [2.75, 3.05) is 11.9 Å². The molecule has 202 valence electrons. The Kier molecular flexibility index (Phi) is 8.58. The van der Waals surface area contributed by atoms with Gasteiger partial charge < -0.3 is 14.7 Å². The summed E-state index contributed by atoms with van der Waals surface area (Å²) in [6.45, 7) is 0.288. The fraction of sp³-hybridized carbons (Fsp3) is 0.138. The van der Waals surface area contributed by atoms with E-state index in [4.69, 9.17) is 4.74 Å². The molecule has 0 saturated carbocycles. The monoisotopic (exact) mass is 552 g/mol. The van der Waals surface area contributed by atoms with E-state index in [1.54, 1.807) is 29.2 Å². The predicted molar refractivity (Wildman–Crippen MR) is 143 cm³/mol. The van der Waals surface area contributed by atoms with E-state index in [0.717, 1.165) is 11.6 Å². The van der Waals surface area contributed by atoms with Gasteiger partial charge in [-0.25, -0.2) is 26.7 Å². The Balaban J connectivity index is 1.90. The molecule has 39 heavy (non-hydrogen) atoms. The van der Waals surface area contributed by atoms with Crippen molar-refractivity contribution in [2.45, 2.75) is 24.6 Å². The lowest BCUT2D eigenvalue weighted by Gasteiger charge is -2.29. The predicted octanol–water partition coefficient (Wildman–Crippen LogP) is 5.36. The van der Waals surface area contributed by atoms with E-state index >= 15 is 0 Å². The largest absolute Gasteiger partial charge is 0.485 e. The molecular weight excluding hydrogens is 526 g/mol. The molecule has 0 atom stereocenters. The topological polar surface area (TPSA) is 95.9 Å². The summed E-state index contributed by atoms with van der Waals surface area (Å²) in [4.78, 5) is 13.4. The van der Waals surface area contributed by atoms with Gasteiger partial charge in [-0.1, -0.05) is 54.6 Å². The molecular formula is C29H26F2N2O5S. The second kappa shape index (κ2) is 12.1. The Morgan fingerprint density at radius 3 is 1.87 bits per heavy atom. The van der Waals surface area contributed by atoms with Crippen LogP contribution < -0.4 is 14.4 Å². The number of halogens is 2. The van der Waals surface area contributed by atoms with E-state index in [0.29, 0.717) is 11.1 Å². The molecule has 0 aliphatic rings. The van der Waals surface area contributed by atoms with Crippen molar-refractivity contribution in [2.24, 2.45) is 0 Å². The molecule has 0 fully saturated rings.